The van der Waals surface area contributed by atoms with Crippen molar-refractivity contribution in [2.24, 2.45) is 0 Å². The third-order valence-electron chi connectivity index (χ3n) is 3.79. The van der Waals surface area contributed by atoms with Crippen molar-refractivity contribution >= 4 is 43.2 Å². The summed E-state index contributed by atoms with van der Waals surface area (Å²) >= 11 is 0. The van der Waals surface area contributed by atoms with Crippen molar-refractivity contribution in [2.45, 2.75) is 32.8 Å². The molecule has 10 heteroatoms. The van der Waals surface area contributed by atoms with Crippen molar-refractivity contribution in [1.82, 2.24) is 9.97 Å². The van der Waals surface area contributed by atoms with Crippen molar-refractivity contribution in [3.8, 4) is 0 Å². The van der Waals surface area contributed by atoms with Gasteiger partial charge < -0.3 is 19.7 Å². The van der Waals surface area contributed by atoms with Crippen LogP contribution in [-0.2, 0) is 9.47 Å². The largest absolute Gasteiger partial charge is 0.389 e. The van der Waals surface area contributed by atoms with E-state index in [1.54, 1.807) is 55.6 Å². The molecular weight excluding hydrogens is 436 g/mol. The molecule has 0 bridgehead atoms. The van der Waals surface area contributed by atoms with E-state index in [0.717, 1.165) is 10.1 Å². The summed E-state index contributed by atoms with van der Waals surface area (Å²) < 4.78 is 10.3. The molecule has 152 valence electrons. The highest BCUT2D eigenvalue weighted by Gasteiger charge is 2.27. The molecule has 2 N–H and O–H groups in total. The molecule has 0 radical (unpaired) electrons. The third-order valence-corrected chi connectivity index (χ3v) is 9.29. The fourth-order valence-electron chi connectivity index (χ4n) is 2.25. The lowest BCUT2D eigenvalue weighted by Crippen LogP contribution is -2.18. The van der Waals surface area contributed by atoms with Crippen LogP contribution in [0.3, 0.4) is 0 Å². The van der Waals surface area contributed by atoms with Crippen LogP contribution < -0.4 is 0 Å². The molecule has 0 aromatic carbocycles. The number of hydrogen-bond donors (Lipinski definition) is 2. The van der Waals surface area contributed by atoms with Crippen LogP contribution in [0.5, 0.6) is 0 Å². The predicted molar refractivity (Wildman–Crippen MR) is 117 cm³/mol. The van der Waals surface area contributed by atoms with Crippen molar-refractivity contribution < 1.29 is 19.7 Å². The molecule has 0 amide bonds. The highest BCUT2D eigenvalue weighted by Crippen LogP contribution is 2.37. The summed E-state index contributed by atoms with van der Waals surface area (Å²) in [4.78, 5) is 8.37. The van der Waals surface area contributed by atoms with Crippen LogP contribution in [0.25, 0.3) is 0 Å². The zero-order valence-corrected chi connectivity index (χ0v) is 18.3. The van der Waals surface area contributed by atoms with E-state index in [1.165, 1.54) is 0 Å². The zero-order chi connectivity index (χ0) is 19.6. The molecule has 0 spiro atoms. The van der Waals surface area contributed by atoms with Crippen molar-refractivity contribution in [2.75, 3.05) is 26.4 Å². The summed E-state index contributed by atoms with van der Waals surface area (Å²) in [5.41, 5.74) is 0. The number of aliphatic hydroxyl groups is 2. The molecule has 4 heterocycles. The number of pyridine rings is 2. The Labute approximate surface area is 180 Å². The van der Waals surface area contributed by atoms with Gasteiger partial charge in [-0.15, -0.1) is 0 Å². The Morgan fingerprint density at radius 3 is 1.50 bits per heavy atom. The van der Waals surface area contributed by atoms with Crippen molar-refractivity contribution in [1.29, 1.82) is 0 Å². The van der Waals surface area contributed by atoms with Gasteiger partial charge in [0.25, 0.3) is 0 Å². The zero-order valence-electron chi connectivity index (χ0n) is 15.0. The van der Waals surface area contributed by atoms with Crippen molar-refractivity contribution in [3.63, 3.8) is 0 Å². The second-order valence-electron chi connectivity index (χ2n) is 5.98. The maximum absolute atomic E-state index is 9.49. The van der Waals surface area contributed by atoms with E-state index in [1.807, 2.05) is 36.4 Å². The van der Waals surface area contributed by atoms with E-state index in [2.05, 4.69) is 9.97 Å². The van der Waals surface area contributed by atoms with Gasteiger partial charge in [0.1, 0.15) is 10.1 Å². The van der Waals surface area contributed by atoms with E-state index in [-0.39, 0.29) is 22.7 Å². The van der Waals surface area contributed by atoms with Gasteiger partial charge >= 0.3 is 0 Å². The first-order valence-corrected chi connectivity index (χ1v) is 13.2. The highest BCUT2D eigenvalue weighted by atomic mass is 33.1. The summed E-state index contributed by atoms with van der Waals surface area (Å²) in [6.45, 7) is 2.18. The summed E-state index contributed by atoms with van der Waals surface area (Å²) in [6, 6.07) is 11.6. The monoisotopic (exact) mass is 458 g/mol. The lowest BCUT2D eigenvalue weighted by atomic mass is 10.3. The first kappa shape index (κ1) is 22.2. The van der Waals surface area contributed by atoms with Gasteiger partial charge in [0.2, 0.25) is 0 Å². The average molecular weight is 459 g/mol. The Balaban J connectivity index is 0.000000161. The molecule has 2 aliphatic heterocycles. The Morgan fingerprint density at radius 1 is 0.714 bits per heavy atom. The Bertz CT molecular complexity index is 626. The van der Waals surface area contributed by atoms with Gasteiger partial charge in [-0.25, -0.2) is 9.97 Å². The van der Waals surface area contributed by atoms with E-state index in [4.69, 9.17) is 9.47 Å². The summed E-state index contributed by atoms with van der Waals surface area (Å²) in [5.74, 6) is 0. The fourth-order valence-corrected chi connectivity index (χ4v) is 6.91. The first-order chi connectivity index (χ1) is 13.7. The number of nitrogens with zero attached hydrogens (tertiary/aromatic N) is 2. The van der Waals surface area contributed by atoms with Crippen LogP contribution in [0.1, 0.15) is 0 Å². The summed E-state index contributed by atoms with van der Waals surface area (Å²) in [5, 5.41) is 21.2. The maximum Gasteiger partial charge on any atom is 0.106 e. The minimum Gasteiger partial charge on any atom is -0.389 e. The topological polar surface area (TPSA) is 84.7 Å². The molecule has 0 unspecified atom stereocenters. The molecule has 2 aromatic heterocycles. The summed E-state index contributed by atoms with van der Waals surface area (Å²) in [7, 11) is 6.42. The minimum atomic E-state index is -0.337. The van der Waals surface area contributed by atoms with E-state index in [0.29, 0.717) is 26.4 Å². The molecular formula is C18H22N2O4S4. The van der Waals surface area contributed by atoms with Crippen LogP contribution in [0.2, 0.25) is 0 Å². The molecule has 2 aromatic rings. The number of ether oxygens (including phenoxy) is 2. The van der Waals surface area contributed by atoms with Gasteiger partial charge in [0.05, 0.1) is 49.1 Å². The summed E-state index contributed by atoms with van der Waals surface area (Å²) in [6.07, 6.45) is 2.86. The quantitative estimate of drug-likeness (QED) is 0.630. The second-order valence-corrected chi connectivity index (χ2v) is 10.9. The highest BCUT2D eigenvalue weighted by molar-refractivity contribution is 8.77. The van der Waals surface area contributed by atoms with Gasteiger partial charge in [0, 0.05) is 12.4 Å². The lowest BCUT2D eigenvalue weighted by Gasteiger charge is -2.09. The smallest absolute Gasteiger partial charge is 0.106 e. The third kappa shape index (κ3) is 7.42. The number of aromatic nitrogens is 2. The van der Waals surface area contributed by atoms with E-state index >= 15 is 0 Å². The van der Waals surface area contributed by atoms with Gasteiger partial charge in [-0.05, 0) is 45.9 Å². The standard InChI is InChI=1S/2C9H11NO2S2/c2*11-7-5-12-6-8(7)13-14-9-3-1-2-4-10-9/h2*1-4,7-8,11H,5-6H2/t2*7-,8-/m10/s1. The molecule has 0 saturated carbocycles. The van der Waals surface area contributed by atoms with Crippen LogP contribution in [0.4, 0.5) is 0 Å². The predicted octanol–water partition coefficient (Wildman–Crippen LogP) is 3.16. The minimum absolute atomic E-state index is 0.169. The molecule has 4 atom stereocenters. The van der Waals surface area contributed by atoms with E-state index in [9.17, 15) is 10.2 Å². The van der Waals surface area contributed by atoms with Gasteiger partial charge in [-0.2, -0.15) is 0 Å². The second kappa shape index (κ2) is 12.3. The fraction of sp³-hybridized carbons (Fsp3) is 0.444. The van der Waals surface area contributed by atoms with Crippen LogP contribution in [-0.4, -0.2) is 69.3 Å². The molecule has 0 aliphatic carbocycles. The number of hydrogen-bond acceptors (Lipinski definition) is 10. The van der Waals surface area contributed by atoms with Crippen LogP contribution in [0, 0.1) is 0 Å². The van der Waals surface area contributed by atoms with E-state index < -0.39 is 0 Å². The van der Waals surface area contributed by atoms with Crippen molar-refractivity contribution in [3.05, 3.63) is 48.8 Å². The molecule has 6 nitrogen and oxygen atoms in total. The molecule has 2 saturated heterocycles. The van der Waals surface area contributed by atoms with Gasteiger partial charge in [0.15, 0.2) is 0 Å². The van der Waals surface area contributed by atoms with Crippen LogP contribution in [0.15, 0.2) is 58.8 Å². The Hall–Kier alpha value is -0.460. The Morgan fingerprint density at radius 2 is 1.18 bits per heavy atom. The molecule has 28 heavy (non-hydrogen) atoms. The lowest BCUT2D eigenvalue weighted by molar-refractivity contribution is 0.127. The normalized spacial score (nSPS) is 26.6. The number of aliphatic hydroxyl groups excluding tert-OH is 2. The van der Waals surface area contributed by atoms with Gasteiger partial charge in [-0.1, -0.05) is 33.7 Å². The molecule has 2 aliphatic rings. The van der Waals surface area contributed by atoms with Crippen LogP contribution >= 0.6 is 43.2 Å². The molecule has 2 fully saturated rings. The first-order valence-electron chi connectivity index (χ1n) is 8.72. The average Bonchev–Trinajstić information content (AvgIpc) is 3.34. The Kier molecular flexibility index (Phi) is 9.75. The maximum atomic E-state index is 9.49. The molecule has 4 rings (SSSR count). The van der Waals surface area contributed by atoms with Gasteiger partial charge in [-0.3, -0.25) is 0 Å². The SMILES string of the molecule is O[C@@H]1COC[C@H]1SSc1ccccn1.O[C@H]1COC[C@@H]1SSc1ccccn1. The number of rotatable bonds is 6.